The molecule has 0 radical (unpaired) electrons. The van der Waals surface area contributed by atoms with Crippen molar-refractivity contribution >= 4 is 11.6 Å². The van der Waals surface area contributed by atoms with Gasteiger partial charge in [0.25, 0.3) is 5.56 Å². The molecule has 0 saturated carbocycles. The van der Waals surface area contributed by atoms with Crippen molar-refractivity contribution < 1.29 is 4.74 Å². The minimum Gasteiger partial charge on any atom is -0.485 e. The van der Waals surface area contributed by atoms with Gasteiger partial charge in [-0.1, -0.05) is 35.6 Å². The fourth-order valence-corrected chi connectivity index (χ4v) is 2.38. The van der Waals surface area contributed by atoms with Gasteiger partial charge in [0.2, 0.25) is 0 Å². The van der Waals surface area contributed by atoms with Crippen LogP contribution in [0.15, 0.2) is 35.3 Å². The van der Waals surface area contributed by atoms with E-state index in [4.69, 9.17) is 16.3 Å². The molecule has 26 heavy (non-hydrogen) atoms. The Kier molecular flexibility index (Phi) is 6.84. The predicted molar refractivity (Wildman–Crippen MR) is 105 cm³/mol. The highest BCUT2D eigenvalue weighted by molar-refractivity contribution is 6.31. The molecular formula is C20H24ClN3O2. The van der Waals surface area contributed by atoms with E-state index in [1.165, 1.54) is 10.9 Å². The van der Waals surface area contributed by atoms with Crippen LogP contribution in [-0.2, 0) is 12.1 Å². The van der Waals surface area contributed by atoms with Gasteiger partial charge in [0.05, 0.1) is 11.7 Å². The van der Waals surface area contributed by atoms with Crippen LogP contribution < -0.4 is 15.6 Å². The van der Waals surface area contributed by atoms with Crippen LogP contribution in [0.5, 0.6) is 5.75 Å². The summed E-state index contributed by atoms with van der Waals surface area (Å²) in [5.74, 6) is 6.50. The minimum atomic E-state index is -0.441. The van der Waals surface area contributed by atoms with Gasteiger partial charge in [0, 0.05) is 18.5 Å². The molecule has 1 aromatic carbocycles. The van der Waals surface area contributed by atoms with E-state index < -0.39 is 5.54 Å². The number of nitrogens with one attached hydrogen (secondary N) is 1. The Morgan fingerprint density at radius 3 is 2.58 bits per heavy atom. The second kappa shape index (κ2) is 8.88. The number of benzene rings is 1. The average Bonchev–Trinajstić information content (AvgIpc) is 2.60. The molecule has 0 atom stereocenters. The molecule has 2 aromatic rings. The molecule has 6 heteroatoms. The van der Waals surface area contributed by atoms with Crippen molar-refractivity contribution in [3.8, 4) is 17.6 Å². The maximum atomic E-state index is 12.3. The van der Waals surface area contributed by atoms with Crippen LogP contribution >= 0.6 is 11.6 Å². The Morgan fingerprint density at radius 1 is 1.27 bits per heavy atom. The fourth-order valence-electron chi connectivity index (χ4n) is 2.19. The van der Waals surface area contributed by atoms with Crippen molar-refractivity contribution in [2.24, 2.45) is 0 Å². The average molecular weight is 374 g/mol. The highest BCUT2D eigenvalue weighted by Crippen LogP contribution is 2.21. The molecule has 0 aliphatic heterocycles. The Hall–Kier alpha value is -2.29. The summed E-state index contributed by atoms with van der Waals surface area (Å²) in [5, 5.41) is 7.26. The van der Waals surface area contributed by atoms with E-state index in [-0.39, 0.29) is 16.3 Å². The zero-order valence-electron chi connectivity index (χ0n) is 15.6. The summed E-state index contributed by atoms with van der Waals surface area (Å²) >= 11 is 6.16. The summed E-state index contributed by atoms with van der Waals surface area (Å²) in [6, 6.07) is 7.78. The lowest BCUT2D eigenvalue weighted by Crippen LogP contribution is -2.36. The van der Waals surface area contributed by atoms with Gasteiger partial charge in [0.1, 0.15) is 6.61 Å². The van der Waals surface area contributed by atoms with Crippen LogP contribution in [0.25, 0.3) is 0 Å². The molecule has 0 aliphatic rings. The summed E-state index contributed by atoms with van der Waals surface area (Å²) < 4.78 is 7.02. The molecule has 2 rings (SSSR count). The van der Waals surface area contributed by atoms with Crippen molar-refractivity contribution in [3.05, 3.63) is 57.0 Å². The predicted octanol–water partition coefficient (Wildman–Crippen LogP) is 3.19. The van der Waals surface area contributed by atoms with Crippen LogP contribution in [0.3, 0.4) is 0 Å². The van der Waals surface area contributed by atoms with Crippen molar-refractivity contribution in [1.82, 2.24) is 15.1 Å². The van der Waals surface area contributed by atoms with Gasteiger partial charge in [-0.15, -0.1) is 0 Å². The van der Waals surface area contributed by atoms with Crippen LogP contribution in [0.4, 0.5) is 0 Å². The Balaban J connectivity index is 2.04. The van der Waals surface area contributed by atoms with Crippen LogP contribution in [0.2, 0.25) is 5.02 Å². The number of nitrogens with zero attached hydrogens (tertiary/aromatic N) is 2. The molecule has 5 nitrogen and oxygen atoms in total. The van der Waals surface area contributed by atoms with Gasteiger partial charge in [-0.3, -0.25) is 4.79 Å². The summed E-state index contributed by atoms with van der Waals surface area (Å²) in [5.41, 5.74) is 1.12. The number of halogens is 1. The Morgan fingerprint density at radius 2 is 1.96 bits per heavy atom. The quantitative estimate of drug-likeness (QED) is 0.646. The molecule has 0 unspecified atom stereocenters. The van der Waals surface area contributed by atoms with E-state index in [2.05, 4.69) is 22.3 Å². The zero-order chi connectivity index (χ0) is 19.2. The van der Waals surface area contributed by atoms with Crippen molar-refractivity contribution in [1.29, 1.82) is 0 Å². The number of rotatable bonds is 5. The lowest BCUT2D eigenvalue weighted by atomic mass is 10.1. The first-order chi connectivity index (χ1) is 12.3. The molecule has 0 amide bonds. The zero-order valence-corrected chi connectivity index (χ0v) is 16.4. The standard InChI is InChI=1S/C20H24ClN3O2/c1-20(2,3)24-19(25)18(21)17(13-23-24)26-14-16-10-8-15(9-11-16)7-5-6-12-22-4/h8-11,13,22H,6,12,14H2,1-4H3. The molecule has 1 aromatic heterocycles. The minimum absolute atomic E-state index is 0.0435. The number of ether oxygens (including phenoxy) is 1. The molecule has 1 heterocycles. The normalized spacial score (nSPS) is 11.0. The molecule has 1 N–H and O–H groups in total. The molecule has 0 bridgehead atoms. The second-order valence-electron chi connectivity index (χ2n) is 6.85. The molecule has 138 valence electrons. The van der Waals surface area contributed by atoms with Gasteiger partial charge in [-0.2, -0.15) is 5.10 Å². The van der Waals surface area contributed by atoms with Gasteiger partial charge < -0.3 is 10.1 Å². The van der Waals surface area contributed by atoms with Crippen LogP contribution in [0, 0.1) is 11.8 Å². The highest BCUT2D eigenvalue weighted by atomic mass is 35.5. The summed E-state index contributed by atoms with van der Waals surface area (Å²) in [6.45, 7) is 6.85. The summed E-state index contributed by atoms with van der Waals surface area (Å²) in [7, 11) is 1.91. The molecule has 0 spiro atoms. The first-order valence-corrected chi connectivity index (χ1v) is 8.84. The van der Waals surface area contributed by atoms with Gasteiger partial charge in [-0.25, -0.2) is 4.68 Å². The van der Waals surface area contributed by atoms with E-state index in [9.17, 15) is 4.79 Å². The number of hydrogen-bond acceptors (Lipinski definition) is 4. The maximum absolute atomic E-state index is 12.3. The number of aromatic nitrogens is 2. The maximum Gasteiger partial charge on any atom is 0.289 e. The third-order valence-electron chi connectivity index (χ3n) is 3.60. The van der Waals surface area contributed by atoms with Crippen LogP contribution in [0.1, 0.15) is 38.3 Å². The fraction of sp³-hybridized carbons (Fsp3) is 0.400. The van der Waals surface area contributed by atoms with Crippen molar-refractivity contribution in [2.75, 3.05) is 13.6 Å². The SMILES string of the molecule is CNCCC#Cc1ccc(COc2cnn(C(C)(C)C)c(=O)c2Cl)cc1. The molecule has 0 saturated heterocycles. The van der Waals surface area contributed by atoms with E-state index in [0.717, 1.165) is 24.1 Å². The topological polar surface area (TPSA) is 56.1 Å². The van der Waals surface area contributed by atoms with E-state index in [0.29, 0.717) is 6.61 Å². The van der Waals surface area contributed by atoms with Crippen molar-refractivity contribution in [2.45, 2.75) is 39.3 Å². The highest BCUT2D eigenvalue weighted by Gasteiger charge is 2.19. The Labute approximate surface area is 159 Å². The first-order valence-electron chi connectivity index (χ1n) is 8.46. The molecule has 0 fully saturated rings. The third-order valence-corrected chi connectivity index (χ3v) is 3.95. The van der Waals surface area contributed by atoms with Gasteiger partial charge in [-0.05, 0) is 45.5 Å². The van der Waals surface area contributed by atoms with Crippen molar-refractivity contribution in [3.63, 3.8) is 0 Å². The van der Waals surface area contributed by atoms with E-state index in [1.54, 1.807) is 0 Å². The second-order valence-corrected chi connectivity index (χ2v) is 7.23. The summed E-state index contributed by atoms with van der Waals surface area (Å²) in [6.07, 6.45) is 2.30. The van der Waals surface area contributed by atoms with Gasteiger partial charge in [0.15, 0.2) is 10.8 Å². The Bertz CT molecular complexity index is 856. The van der Waals surface area contributed by atoms with E-state index in [1.807, 2.05) is 52.1 Å². The number of hydrogen-bond donors (Lipinski definition) is 1. The largest absolute Gasteiger partial charge is 0.485 e. The smallest absolute Gasteiger partial charge is 0.289 e. The third kappa shape index (κ3) is 5.35. The molecule has 0 aliphatic carbocycles. The monoisotopic (exact) mass is 373 g/mol. The van der Waals surface area contributed by atoms with E-state index >= 15 is 0 Å². The lowest BCUT2D eigenvalue weighted by molar-refractivity contribution is 0.292. The molecular weight excluding hydrogens is 350 g/mol. The first kappa shape index (κ1) is 20.0. The van der Waals surface area contributed by atoms with Gasteiger partial charge >= 0.3 is 0 Å². The lowest BCUT2D eigenvalue weighted by Gasteiger charge is -2.21. The van der Waals surface area contributed by atoms with Crippen LogP contribution in [-0.4, -0.2) is 23.4 Å². The summed E-state index contributed by atoms with van der Waals surface area (Å²) in [4.78, 5) is 12.3.